The molecule has 3 amide bonds. The number of hydrogen-bond donors (Lipinski definition) is 1. The number of amides is 3. The first-order chi connectivity index (χ1) is 6.75. The number of hydrogen-bond acceptors (Lipinski definition) is 3. The van der Waals surface area contributed by atoms with Crippen molar-refractivity contribution in [2.75, 3.05) is 26.3 Å². The van der Waals surface area contributed by atoms with E-state index in [1.165, 1.54) is 0 Å². The Hall–Kier alpha value is -1.10. The van der Waals surface area contributed by atoms with E-state index >= 15 is 0 Å². The van der Waals surface area contributed by atoms with Crippen LogP contribution in [0.2, 0.25) is 0 Å². The third-order valence-electron chi connectivity index (χ3n) is 2.69. The Labute approximate surface area is 82.4 Å². The second-order valence-corrected chi connectivity index (χ2v) is 3.79. The minimum absolute atomic E-state index is 0.193. The third-order valence-corrected chi connectivity index (χ3v) is 2.69. The van der Waals surface area contributed by atoms with Crippen LogP contribution in [0.25, 0.3) is 0 Å². The lowest BCUT2D eigenvalue weighted by atomic mass is 10.00. The average molecular weight is 198 g/mol. The molecule has 78 valence electrons. The van der Waals surface area contributed by atoms with Gasteiger partial charge in [-0.15, -0.1) is 0 Å². The van der Waals surface area contributed by atoms with Crippen molar-refractivity contribution in [2.45, 2.75) is 12.8 Å². The molecule has 0 bridgehead atoms. The molecule has 14 heavy (non-hydrogen) atoms. The third kappa shape index (κ3) is 2.04. The number of carbonyl (C=O) groups excluding carboxylic acids is 2. The summed E-state index contributed by atoms with van der Waals surface area (Å²) in [7, 11) is 0. The molecule has 0 atom stereocenters. The van der Waals surface area contributed by atoms with Crippen LogP contribution in [0.1, 0.15) is 12.8 Å². The Morgan fingerprint density at radius 3 is 2.64 bits per heavy atom. The van der Waals surface area contributed by atoms with Crippen LogP contribution < -0.4 is 5.32 Å². The molecule has 0 spiro atoms. The summed E-state index contributed by atoms with van der Waals surface area (Å²) in [5, 5.41) is 2.27. The summed E-state index contributed by atoms with van der Waals surface area (Å²) in [6, 6.07) is -0.249. The molecule has 2 saturated heterocycles. The highest BCUT2D eigenvalue weighted by Gasteiger charge is 2.29. The Bertz CT molecular complexity index is 248. The van der Waals surface area contributed by atoms with Gasteiger partial charge in [0.15, 0.2) is 0 Å². The standard InChI is InChI=1S/C9H14N2O3/c12-8-6-11(9(13)10-8)5-7-1-3-14-4-2-7/h7H,1-6H2,(H,10,12,13). The molecule has 0 aromatic heterocycles. The molecule has 2 heterocycles. The van der Waals surface area contributed by atoms with Gasteiger partial charge in [-0.3, -0.25) is 10.1 Å². The molecule has 2 fully saturated rings. The van der Waals surface area contributed by atoms with Crippen LogP contribution in [0.4, 0.5) is 4.79 Å². The molecule has 0 saturated carbocycles. The monoisotopic (exact) mass is 198 g/mol. The molecule has 2 aliphatic heterocycles. The van der Waals surface area contributed by atoms with Crippen molar-refractivity contribution in [3.05, 3.63) is 0 Å². The summed E-state index contributed by atoms with van der Waals surface area (Å²) in [5.41, 5.74) is 0. The first kappa shape index (κ1) is 9.45. The van der Waals surface area contributed by atoms with Gasteiger partial charge in [-0.05, 0) is 18.8 Å². The molecule has 0 radical (unpaired) electrons. The summed E-state index contributed by atoms with van der Waals surface area (Å²) < 4.78 is 5.23. The molecule has 1 N–H and O–H groups in total. The van der Waals surface area contributed by atoms with Crippen LogP contribution in [0.3, 0.4) is 0 Å². The zero-order valence-corrected chi connectivity index (χ0v) is 7.99. The Balaban J connectivity index is 1.84. The van der Waals surface area contributed by atoms with Crippen molar-refractivity contribution < 1.29 is 14.3 Å². The van der Waals surface area contributed by atoms with E-state index in [0.29, 0.717) is 12.5 Å². The summed E-state index contributed by atoms with van der Waals surface area (Å²) in [4.78, 5) is 23.7. The molecule has 2 rings (SSSR count). The van der Waals surface area contributed by atoms with E-state index in [1.807, 2.05) is 0 Å². The predicted molar refractivity (Wildman–Crippen MR) is 48.7 cm³/mol. The maximum atomic E-state index is 11.2. The van der Waals surface area contributed by atoms with E-state index in [2.05, 4.69) is 5.32 Å². The molecule has 2 aliphatic rings. The number of nitrogens with zero attached hydrogens (tertiary/aromatic N) is 1. The van der Waals surface area contributed by atoms with Crippen molar-refractivity contribution in [2.24, 2.45) is 5.92 Å². The van der Waals surface area contributed by atoms with Crippen molar-refractivity contribution in [1.82, 2.24) is 10.2 Å². The molecule has 5 heteroatoms. The van der Waals surface area contributed by atoms with E-state index in [0.717, 1.165) is 26.1 Å². The van der Waals surface area contributed by atoms with Gasteiger partial charge in [0.25, 0.3) is 0 Å². The van der Waals surface area contributed by atoms with Gasteiger partial charge in [-0.25, -0.2) is 4.79 Å². The summed E-state index contributed by atoms with van der Waals surface area (Å²) in [6.07, 6.45) is 1.97. The molecule has 5 nitrogen and oxygen atoms in total. The number of ether oxygens (including phenoxy) is 1. The lowest BCUT2D eigenvalue weighted by Gasteiger charge is -2.25. The maximum Gasteiger partial charge on any atom is 0.324 e. The van der Waals surface area contributed by atoms with Crippen LogP contribution in [0.15, 0.2) is 0 Å². The normalized spacial score (nSPS) is 24.1. The molecular weight excluding hydrogens is 184 g/mol. The van der Waals surface area contributed by atoms with Crippen molar-refractivity contribution >= 4 is 11.9 Å². The van der Waals surface area contributed by atoms with Gasteiger partial charge in [-0.2, -0.15) is 0 Å². The average Bonchev–Trinajstić information content (AvgIpc) is 2.47. The van der Waals surface area contributed by atoms with Crippen LogP contribution in [-0.2, 0) is 9.53 Å². The molecule has 0 aromatic rings. The minimum Gasteiger partial charge on any atom is -0.381 e. The molecule has 0 aromatic carbocycles. The smallest absolute Gasteiger partial charge is 0.324 e. The Kier molecular flexibility index (Phi) is 2.67. The SMILES string of the molecule is O=C1CN(CC2CCOCC2)C(=O)N1. The lowest BCUT2D eigenvalue weighted by molar-refractivity contribution is -0.118. The number of carbonyl (C=O) groups is 2. The van der Waals surface area contributed by atoms with Crippen LogP contribution in [0.5, 0.6) is 0 Å². The highest BCUT2D eigenvalue weighted by atomic mass is 16.5. The number of urea groups is 1. The fourth-order valence-corrected chi connectivity index (χ4v) is 1.87. The van der Waals surface area contributed by atoms with E-state index in [9.17, 15) is 9.59 Å². The van der Waals surface area contributed by atoms with Crippen molar-refractivity contribution in [3.63, 3.8) is 0 Å². The van der Waals surface area contributed by atoms with Gasteiger partial charge >= 0.3 is 6.03 Å². The second kappa shape index (κ2) is 3.96. The van der Waals surface area contributed by atoms with Crippen LogP contribution in [-0.4, -0.2) is 43.1 Å². The Morgan fingerprint density at radius 1 is 1.36 bits per heavy atom. The first-order valence-corrected chi connectivity index (χ1v) is 4.92. The number of nitrogens with one attached hydrogen (secondary N) is 1. The van der Waals surface area contributed by atoms with Gasteiger partial charge in [0.05, 0.1) is 0 Å². The van der Waals surface area contributed by atoms with E-state index in [1.54, 1.807) is 4.90 Å². The van der Waals surface area contributed by atoms with Gasteiger partial charge in [-0.1, -0.05) is 0 Å². The highest BCUT2D eigenvalue weighted by molar-refractivity contribution is 6.01. The first-order valence-electron chi connectivity index (χ1n) is 4.92. The summed E-state index contributed by atoms with van der Waals surface area (Å²) in [5.74, 6) is 0.294. The van der Waals surface area contributed by atoms with Crippen LogP contribution >= 0.6 is 0 Å². The predicted octanol–water partition coefficient (Wildman–Crippen LogP) is -0.0352. The van der Waals surface area contributed by atoms with Crippen LogP contribution in [0, 0.1) is 5.92 Å². The fraction of sp³-hybridized carbons (Fsp3) is 0.778. The molecular formula is C9H14N2O3. The number of imide groups is 1. The second-order valence-electron chi connectivity index (χ2n) is 3.79. The molecule has 0 unspecified atom stereocenters. The minimum atomic E-state index is -0.249. The van der Waals surface area contributed by atoms with Gasteiger partial charge in [0.1, 0.15) is 6.54 Å². The van der Waals surface area contributed by atoms with Gasteiger partial charge in [0, 0.05) is 19.8 Å². The Morgan fingerprint density at radius 2 is 2.07 bits per heavy atom. The van der Waals surface area contributed by atoms with E-state index in [-0.39, 0.29) is 18.5 Å². The van der Waals surface area contributed by atoms with Crippen molar-refractivity contribution in [3.8, 4) is 0 Å². The zero-order chi connectivity index (χ0) is 9.97. The lowest BCUT2D eigenvalue weighted by Crippen LogP contribution is -2.34. The van der Waals surface area contributed by atoms with Gasteiger partial charge in [0.2, 0.25) is 5.91 Å². The zero-order valence-electron chi connectivity index (χ0n) is 7.99. The van der Waals surface area contributed by atoms with E-state index in [4.69, 9.17) is 4.74 Å². The highest BCUT2D eigenvalue weighted by Crippen LogP contribution is 2.16. The fourth-order valence-electron chi connectivity index (χ4n) is 1.87. The van der Waals surface area contributed by atoms with Gasteiger partial charge < -0.3 is 9.64 Å². The summed E-state index contributed by atoms with van der Waals surface area (Å²) in [6.45, 7) is 2.44. The topological polar surface area (TPSA) is 58.6 Å². The molecule has 0 aliphatic carbocycles. The quantitative estimate of drug-likeness (QED) is 0.634. The summed E-state index contributed by atoms with van der Waals surface area (Å²) >= 11 is 0. The maximum absolute atomic E-state index is 11.2. The van der Waals surface area contributed by atoms with Crippen molar-refractivity contribution in [1.29, 1.82) is 0 Å². The number of rotatable bonds is 2. The van der Waals surface area contributed by atoms with E-state index < -0.39 is 0 Å². The largest absolute Gasteiger partial charge is 0.381 e.